The summed E-state index contributed by atoms with van der Waals surface area (Å²) >= 11 is 11.3. The van der Waals surface area contributed by atoms with Gasteiger partial charge >= 0.3 is 6.18 Å². The fraction of sp³-hybridized carbons (Fsp3) is 0.0833. The summed E-state index contributed by atoms with van der Waals surface area (Å²) in [4.78, 5) is 3.75. The lowest BCUT2D eigenvalue weighted by Crippen LogP contribution is -2.08. The van der Waals surface area contributed by atoms with Crippen LogP contribution in [0.4, 0.5) is 24.5 Å². The molecule has 2 rings (SSSR count). The van der Waals surface area contributed by atoms with Crippen molar-refractivity contribution in [3.8, 4) is 0 Å². The molecule has 0 saturated carbocycles. The molecule has 2 nitrogen and oxygen atoms in total. The van der Waals surface area contributed by atoms with Crippen molar-refractivity contribution in [1.29, 1.82) is 0 Å². The van der Waals surface area contributed by atoms with Crippen LogP contribution in [0.15, 0.2) is 36.5 Å². The maximum absolute atomic E-state index is 12.9. The second kappa shape index (κ2) is 5.27. The fourth-order valence-corrected chi connectivity index (χ4v) is 1.84. The van der Waals surface area contributed by atoms with E-state index in [4.69, 9.17) is 23.2 Å². The first-order valence-corrected chi connectivity index (χ1v) is 5.87. The van der Waals surface area contributed by atoms with Gasteiger partial charge in [0.1, 0.15) is 5.15 Å². The molecule has 1 heterocycles. The van der Waals surface area contributed by atoms with Crippen LogP contribution in [0.2, 0.25) is 10.2 Å². The molecule has 0 aliphatic carbocycles. The van der Waals surface area contributed by atoms with E-state index in [1.807, 2.05) is 0 Å². The van der Waals surface area contributed by atoms with E-state index >= 15 is 0 Å². The van der Waals surface area contributed by atoms with Crippen molar-refractivity contribution in [1.82, 2.24) is 4.98 Å². The highest BCUT2D eigenvalue weighted by Gasteiger charge is 2.33. The third-order valence-corrected chi connectivity index (χ3v) is 2.73. The molecule has 0 bridgehead atoms. The Morgan fingerprint density at radius 2 is 1.79 bits per heavy atom. The van der Waals surface area contributed by atoms with Crippen LogP contribution in [0.3, 0.4) is 0 Å². The Kier molecular flexibility index (Phi) is 3.87. The summed E-state index contributed by atoms with van der Waals surface area (Å²) in [7, 11) is 0. The molecule has 7 heteroatoms. The zero-order valence-corrected chi connectivity index (χ0v) is 10.8. The molecule has 2 aromatic rings. The molecule has 0 atom stereocenters. The van der Waals surface area contributed by atoms with Gasteiger partial charge in [-0.3, -0.25) is 0 Å². The number of halogens is 5. The summed E-state index contributed by atoms with van der Waals surface area (Å²) in [5.74, 6) is 0. The predicted molar refractivity (Wildman–Crippen MR) is 69.0 cm³/mol. The van der Waals surface area contributed by atoms with E-state index in [0.717, 1.165) is 6.07 Å². The molecule has 100 valence electrons. The second-order valence-electron chi connectivity index (χ2n) is 3.68. The molecule has 1 aromatic heterocycles. The van der Waals surface area contributed by atoms with Crippen molar-refractivity contribution >= 4 is 34.6 Å². The van der Waals surface area contributed by atoms with E-state index in [1.54, 1.807) is 0 Å². The number of alkyl halides is 3. The quantitative estimate of drug-likeness (QED) is 0.776. The van der Waals surface area contributed by atoms with Gasteiger partial charge in [-0.25, -0.2) is 4.98 Å². The first-order chi connectivity index (χ1) is 8.86. The molecule has 0 radical (unpaired) electrons. The van der Waals surface area contributed by atoms with Gasteiger partial charge in [0.25, 0.3) is 0 Å². The van der Waals surface area contributed by atoms with Crippen LogP contribution in [0.25, 0.3) is 0 Å². The highest BCUT2D eigenvalue weighted by atomic mass is 35.5. The normalized spacial score (nSPS) is 11.4. The van der Waals surface area contributed by atoms with E-state index in [0.29, 0.717) is 5.69 Å². The van der Waals surface area contributed by atoms with Crippen LogP contribution in [0, 0.1) is 0 Å². The van der Waals surface area contributed by atoms with E-state index < -0.39 is 11.7 Å². The maximum Gasteiger partial charge on any atom is 0.418 e. The van der Waals surface area contributed by atoms with Gasteiger partial charge < -0.3 is 5.32 Å². The number of anilines is 2. The highest BCUT2D eigenvalue weighted by Crippen LogP contribution is 2.37. The number of rotatable bonds is 2. The number of benzene rings is 1. The molecule has 19 heavy (non-hydrogen) atoms. The Bertz CT molecular complexity index is 600. The van der Waals surface area contributed by atoms with E-state index in [9.17, 15) is 13.2 Å². The Balaban J connectivity index is 2.40. The number of nitrogens with one attached hydrogen (secondary N) is 1. The Hall–Kier alpha value is -1.46. The average molecular weight is 307 g/mol. The number of hydrogen-bond donors (Lipinski definition) is 1. The zero-order valence-electron chi connectivity index (χ0n) is 9.30. The highest BCUT2D eigenvalue weighted by molar-refractivity contribution is 6.30. The van der Waals surface area contributed by atoms with Crippen molar-refractivity contribution in [2.24, 2.45) is 0 Å². The predicted octanol–water partition coefficient (Wildman–Crippen LogP) is 5.15. The van der Waals surface area contributed by atoms with E-state index in [2.05, 4.69) is 10.3 Å². The summed E-state index contributed by atoms with van der Waals surface area (Å²) in [5.41, 5.74) is -0.528. The number of nitrogens with zero attached hydrogens (tertiary/aromatic N) is 1. The largest absolute Gasteiger partial charge is 0.418 e. The zero-order chi connectivity index (χ0) is 14.0. The number of pyridine rings is 1. The summed E-state index contributed by atoms with van der Waals surface area (Å²) in [6.45, 7) is 0. The smallest absolute Gasteiger partial charge is 0.355 e. The van der Waals surface area contributed by atoms with E-state index in [1.165, 1.54) is 30.5 Å². The van der Waals surface area contributed by atoms with Gasteiger partial charge in [-0.05, 0) is 30.3 Å². The molecular weight excluding hydrogens is 300 g/mol. The van der Waals surface area contributed by atoms with Crippen molar-refractivity contribution in [2.75, 3.05) is 5.32 Å². The van der Waals surface area contributed by atoms with Gasteiger partial charge in [0.15, 0.2) is 0 Å². The van der Waals surface area contributed by atoms with Crippen LogP contribution in [-0.4, -0.2) is 4.98 Å². The van der Waals surface area contributed by atoms with Gasteiger partial charge in [0, 0.05) is 16.9 Å². The average Bonchev–Trinajstić information content (AvgIpc) is 2.30. The van der Waals surface area contributed by atoms with Gasteiger partial charge in [-0.1, -0.05) is 23.2 Å². The fourth-order valence-electron chi connectivity index (χ4n) is 1.50. The second-order valence-corrected chi connectivity index (χ2v) is 4.50. The van der Waals surface area contributed by atoms with Crippen molar-refractivity contribution in [3.63, 3.8) is 0 Å². The monoisotopic (exact) mass is 306 g/mol. The van der Waals surface area contributed by atoms with E-state index in [-0.39, 0.29) is 15.9 Å². The molecule has 0 fully saturated rings. The molecule has 1 aromatic carbocycles. The lowest BCUT2D eigenvalue weighted by molar-refractivity contribution is -0.136. The first kappa shape index (κ1) is 14.0. The number of hydrogen-bond acceptors (Lipinski definition) is 2. The van der Waals surface area contributed by atoms with Crippen LogP contribution in [0.1, 0.15) is 5.56 Å². The summed E-state index contributed by atoms with van der Waals surface area (Å²) < 4.78 is 38.6. The lowest BCUT2D eigenvalue weighted by Gasteiger charge is -2.15. The topological polar surface area (TPSA) is 24.9 Å². The third-order valence-electron chi connectivity index (χ3n) is 2.29. The molecular formula is C12H7Cl2F3N2. The van der Waals surface area contributed by atoms with Crippen molar-refractivity contribution < 1.29 is 13.2 Å². The van der Waals surface area contributed by atoms with Crippen LogP contribution in [-0.2, 0) is 6.18 Å². The Labute approximate surface area is 117 Å². The van der Waals surface area contributed by atoms with Crippen LogP contribution < -0.4 is 5.32 Å². The minimum Gasteiger partial charge on any atom is -0.355 e. The molecule has 0 amide bonds. The Morgan fingerprint density at radius 1 is 1.05 bits per heavy atom. The molecule has 0 aliphatic heterocycles. The van der Waals surface area contributed by atoms with Gasteiger partial charge in [-0.2, -0.15) is 13.2 Å². The minimum absolute atomic E-state index is 0.0191. The van der Waals surface area contributed by atoms with Gasteiger partial charge in [-0.15, -0.1) is 0 Å². The lowest BCUT2D eigenvalue weighted by atomic mass is 10.1. The van der Waals surface area contributed by atoms with Crippen LogP contribution in [0.5, 0.6) is 0 Å². The minimum atomic E-state index is -4.50. The standard InChI is InChI=1S/C12H7Cl2F3N2/c13-7-1-2-10(9(5-7)12(15,16)17)19-8-3-4-18-11(14)6-8/h1-6H,(H,18,19). The van der Waals surface area contributed by atoms with Crippen molar-refractivity contribution in [2.45, 2.75) is 6.18 Å². The SMILES string of the molecule is FC(F)(F)c1cc(Cl)ccc1Nc1ccnc(Cl)c1. The molecule has 0 aliphatic rings. The molecule has 0 unspecified atom stereocenters. The first-order valence-electron chi connectivity index (χ1n) is 5.11. The molecule has 0 saturated heterocycles. The van der Waals surface area contributed by atoms with Crippen LogP contribution >= 0.6 is 23.2 Å². The third kappa shape index (κ3) is 3.52. The van der Waals surface area contributed by atoms with Gasteiger partial charge in [0.05, 0.1) is 11.3 Å². The maximum atomic E-state index is 12.9. The van der Waals surface area contributed by atoms with Gasteiger partial charge in [0.2, 0.25) is 0 Å². The summed E-state index contributed by atoms with van der Waals surface area (Å²) in [6.07, 6.45) is -3.10. The summed E-state index contributed by atoms with van der Waals surface area (Å²) in [6, 6.07) is 6.45. The molecule has 0 spiro atoms. The molecule has 1 N–H and O–H groups in total. The Morgan fingerprint density at radius 3 is 2.42 bits per heavy atom. The number of aromatic nitrogens is 1. The summed E-state index contributed by atoms with van der Waals surface area (Å²) in [5, 5.41) is 2.85. The van der Waals surface area contributed by atoms with Crippen molar-refractivity contribution in [3.05, 3.63) is 52.3 Å².